The van der Waals surface area contributed by atoms with E-state index in [1.807, 2.05) is 60.7 Å². The Morgan fingerprint density at radius 3 is 2.22 bits per heavy atom. The fourth-order valence-corrected chi connectivity index (χ4v) is 2.48. The maximum atomic E-state index is 12.2. The van der Waals surface area contributed by atoms with E-state index in [2.05, 4.69) is 5.10 Å². The number of ether oxygens (including phenoxy) is 3. The number of carbonyl (C=O) groups is 1. The number of nitrogens with zero attached hydrogens (tertiary/aromatic N) is 2. The second-order valence-electron chi connectivity index (χ2n) is 5.85. The first-order valence-corrected chi connectivity index (χ1v) is 8.79. The highest BCUT2D eigenvalue weighted by Gasteiger charge is 2.19. The molecule has 0 atom stereocenters. The van der Waals surface area contributed by atoms with Gasteiger partial charge < -0.3 is 14.2 Å². The van der Waals surface area contributed by atoms with Gasteiger partial charge in [-0.25, -0.2) is 9.48 Å². The second-order valence-corrected chi connectivity index (χ2v) is 5.85. The molecule has 3 aromatic rings. The fraction of sp³-hybridized carbons (Fsp3) is 0.238. The predicted molar refractivity (Wildman–Crippen MR) is 100 cm³/mol. The van der Waals surface area contributed by atoms with Gasteiger partial charge in [-0.1, -0.05) is 60.7 Å². The Bertz CT molecular complexity index is 847. The van der Waals surface area contributed by atoms with Crippen LogP contribution in [0.15, 0.2) is 66.9 Å². The molecule has 140 valence electrons. The van der Waals surface area contributed by atoms with E-state index >= 15 is 0 Å². The van der Waals surface area contributed by atoms with Gasteiger partial charge in [0.05, 0.1) is 13.2 Å². The molecular formula is C21H22N2O4. The smallest absolute Gasteiger partial charge is 0.345 e. The Hall–Kier alpha value is -3.12. The van der Waals surface area contributed by atoms with E-state index in [1.165, 1.54) is 4.68 Å². The summed E-state index contributed by atoms with van der Waals surface area (Å²) >= 11 is 0. The van der Waals surface area contributed by atoms with Gasteiger partial charge in [0.1, 0.15) is 18.9 Å². The molecule has 0 N–H and O–H groups in total. The summed E-state index contributed by atoms with van der Waals surface area (Å²) in [5.74, 6) is -0.226. The predicted octanol–water partition coefficient (Wildman–Crippen LogP) is 3.81. The third kappa shape index (κ3) is 5.43. The molecule has 6 heteroatoms. The Labute approximate surface area is 158 Å². The Morgan fingerprint density at radius 2 is 1.59 bits per heavy atom. The number of hydrogen-bond acceptors (Lipinski definition) is 5. The minimum Gasteiger partial charge on any atom is -0.471 e. The minimum atomic E-state index is -0.463. The highest BCUT2D eigenvalue weighted by Crippen LogP contribution is 2.19. The molecule has 0 aliphatic carbocycles. The highest BCUT2D eigenvalue weighted by molar-refractivity contribution is 5.91. The van der Waals surface area contributed by atoms with Crippen LogP contribution >= 0.6 is 0 Å². The lowest BCUT2D eigenvalue weighted by atomic mass is 10.2. The first kappa shape index (κ1) is 18.7. The molecular weight excluding hydrogens is 344 g/mol. The number of hydrogen-bond donors (Lipinski definition) is 0. The van der Waals surface area contributed by atoms with Gasteiger partial charge in [0.15, 0.2) is 0 Å². The maximum Gasteiger partial charge on any atom is 0.345 e. The van der Waals surface area contributed by atoms with Gasteiger partial charge in [-0.05, 0) is 18.1 Å². The van der Waals surface area contributed by atoms with E-state index in [4.69, 9.17) is 14.2 Å². The zero-order valence-electron chi connectivity index (χ0n) is 15.2. The van der Waals surface area contributed by atoms with Gasteiger partial charge in [0, 0.05) is 6.20 Å². The molecule has 2 aromatic carbocycles. The van der Waals surface area contributed by atoms with Crippen LogP contribution in [0, 0.1) is 0 Å². The summed E-state index contributed by atoms with van der Waals surface area (Å²) in [6, 6.07) is 19.5. The number of rotatable bonds is 9. The van der Waals surface area contributed by atoms with Crippen molar-refractivity contribution >= 4 is 5.97 Å². The molecule has 0 fully saturated rings. The number of esters is 1. The molecule has 0 bridgehead atoms. The molecule has 3 rings (SSSR count). The van der Waals surface area contributed by atoms with Crippen LogP contribution in [0.3, 0.4) is 0 Å². The zero-order chi connectivity index (χ0) is 18.9. The molecule has 0 aliphatic heterocycles. The van der Waals surface area contributed by atoms with Crippen molar-refractivity contribution in [3.05, 3.63) is 83.6 Å². The molecule has 0 saturated carbocycles. The van der Waals surface area contributed by atoms with Crippen molar-refractivity contribution in [2.75, 3.05) is 6.61 Å². The first-order chi connectivity index (χ1) is 13.3. The summed E-state index contributed by atoms with van der Waals surface area (Å²) in [5, 5.41) is 4.33. The quantitative estimate of drug-likeness (QED) is 0.539. The molecule has 0 unspecified atom stereocenters. The average Bonchev–Trinajstić information content (AvgIpc) is 3.11. The summed E-state index contributed by atoms with van der Waals surface area (Å²) in [4.78, 5) is 12.2. The van der Waals surface area contributed by atoms with Crippen LogP contribution in [0.5, 0.6) is 5.88 Å². The number of aromatic nitrogens is 2. The van der Waals surface area contributed by atoms with Gasteiger partial charge in [-0.3, -0.25) is 0 Å². The summed E-state index contributed by atoms with van der Waals surface area (Å²) in [5.41, 5.74) is 2.34. The molecule has 6 nitrogen and oxygen atoms in total. The Morgan fingerprint density at radius 1 is 0.963 bits per heavy atom. The summed E-state index contributed by atoms with van der Waals surface area (Å²) in [6.07, 6.45) is 1.59. The molecule has 1 aromatic heterocycles. The summed E-state index contributed by atoms with van der Waals surface area (Å²) < 4.78 is 18.0. The highest BCUT2D eigenvalue weighted by atomic mass is 16.5. The first-order valence-electron chi connectivity index (χ1n) is 8.79. The lowest BCUT2D eigenvalue weighted by molar-refractivity contribution is 0.0516. The monoisotopic (exact) mass is 366 g/mol. The van der Waals surface area contributed by atoms with Crippen LogP contribution in [-0.4, -0.2) is 22.4 Å². The topological polar surface area (TPSA) is 62.6 Å². The largest absolute Gasteiger partial charge is 0.471 e. The Kier molecular flexibility index (Phi) is 6.60. The van der Waals surface area contributed by atoms with Gasteiger partial charge in [0.25, 0.3) is 0 Å². The van der Waals surface area contributed by atoms with E-state index in [0.29, 0.717) is 13.2 Å². The third-order valence-electron chi connectivity index (χ3n) is 3.78. The summed E-state index contributed by atoms with van der Waals surface area (Å²) in [6.45, 7) is 3.02. The SMILES string of the molecule is CCOC(=O)c1cn(COCc2ccccc2)nc1OCc1ccccc1. The van der Waals surface area contributed by atoms with Crippen LogP contribution in [0.4, 0.5) is 0 Å². The number of carbonyl (C=O) groups excluding carboxylic acids is 1. The van der Waals surface area contributed by atoms with Gasteiger partial charge in [0.2, 0.25) is 5.88 Å². The fourth-order valence-electron chi connectivity index (χ4n) is 2.48. The van der Waals surface area contributed by atoms with Crippen LogP contribution in [0.2, 0.25) is 0 Å². The van der Waals surface area contributed by atoms with Crippen LogP contribution in [-0.2, 0) is 29.4 Å². The number of benzene rings is 2. The third-order valence-corrected chi connectivity index (χ3v) is 3.78. The second kappa shape index (κ2) is 9.54. The van der Waals surface area contributed by atoms with Gasteiger partial charge >= 0.3 is 5.97 Å². The van der Waals surface area contributed by atoms with Crippen molar-refractivity contribution in [1.29, 1.82) is 0 Å². The average molecular weight is 366 g/mol. The lowest BCUT2D eigenvalue weighted by Crippen LogP contribution is -2.06. The van der Waals surface area contributed by atoms with E-state index in [9.17, 15) is 4.79 Å². The van der Waals surface area contributed by atoms with Crippen LogP contribution in [0.1, 0.15) is 28.4 Å². The minimum absolute atomic E-state index is 0.204. The van der Waals surface area contributed by atoms with E-state index in [1.54, 1.807) is 13.1 Å². The molecule has 1 heterocycles. The van der Waals surface area contributed by atoms with Crippen molar-refractivity contribution in [2.45, 2.75) is 26.9 Å². The van der Waals surface area contributed by atoms with E-state index in [-0.39, 0.29) is 24.8 Å². The van der Waals surface area contributed by atoms with Gasteiger partial charge in [-0.2, -0.15) is 0 Å². The van der Waals surface area contributed by atoms with E-state index in [0.717, 1.165) is 11.1 Å². The lowest BCUT2D eigenvalue weighted by Gasteiger charge is -2.05. The molecule has 0 spiro atoms. The van der Waals surface area contributed by atoms with Crippen LogP contribution in [0.25, 0.3) is 0 Å². The molecule has 0 saturated heterocycles. The summed E-state index contributed by atoms with van der Waals surface area (Å²) in [7, 11) is 0. The maximum absolute atomic E-state index is 12.2. The molecule has 0 amide bonds. The normalized spacial score (nSPS) is 10.6. The van der Waals surface area contributed by atoms with Crippen molar-refractivity contribution in [3.8, 4) is 5.88 Å². The molecule has 0 radical (unpaired) electrons. The van der Waals surface area contributed by atoms with Crippen molar-refractivity contribution in [1.82, 2.24) is 9.78 Å². The molecule has 0 aliphatic rings. The Balaban J connectivity index is 1.66. The van der Waals surface area contributed by atoms with Crippen molar-refractivity contribution in [2.24, 2.45) is 0 Å². The van der Waals surface area contributed by atoms with Crippen LogP contribution < -0.4 is 4.74 Å². The van der Waals surface area contributed by atoms with Crippen molar-refractivity contribution in [3.63, 3.8) is 0 Å². The van der Waals surface area contributed by atoms with Crippen molar-refractivity contribution < 1.29 is 19.0 Å². The standard InChI is InChI=1S/C21H22N2O4/c1-2-26-21(24)19-13-23(16-25-14-17-9-5-3-6-10-17)22-20(19)27-15-18-11-7-4-8-12-18/h3-13H,2,14-16H2,1H3. The van der Waals surface area contributed by atoms with E-state index < -0.39 is 5.97 Å². The van der Waals surface area contributed by atoms with Gasteiger partial charge in [-0.15, -0.1) is 5.10 Å². The zero-order valence-corrected chi connectivity index (χ0v) is 15.2. The molecule has 27 heavy (non-hydrogen) atoms.